The topological polar surface area (TPSA) is 52.0 Å². The van der Waals surface area contributed by atoms with Crippen molar-refractivity contribution in [3.63, 3.8) is 0 Å². The van der Waals surface area contributed by atoms with E-state index in [1.165, 1.54) is 0 Å². The van der Waals surface area contributed by atoms with Gasteiger partial charge in [0.05, 0.1) is 0 Å². The Morgan fingerprint density at radius 1 is 1.38 bits per heavy atom. The van der Waals surface area contributed by atoms with Crippen LogP contribution in [0.2, 0.25) is 5.02 Å². The molecule has 72 valence electrons. The summed E-state index contributed by atoms with van der Waals surface area (Å²) in [6.07, 6.45) is 0. The molecule has 0 saturated heterocycles. The predicted molar refractivity (Wildman–Crippen MR) is 57.8 cm³/mol. The molecule has 0 aliphatic carbocycles. The zero-order valence-corrected chi connectivity index (χ0v) is 8.73. The van der Waals surface area contributed by atoms with Crippen LogP contribution in [0.25, 0.3) is 0 Å². The average molecular weight is 199 g/mol. The second kappa shape index (κ2) is 3.99. The second-order valence-corrected chi connectivity index (χ2v) is 3.84. The van der Waals surface area contributed by atoms with Crippen molar-refractivity contribution in [3.05, 3.63) is 28.3 Å². The molecule has 0 fully saturated rings. The van der Waals surface area contributed by atoms with Crippen molar-refractivity contribution in [1.82, 2.24) is 0 Å². The third-order valence-corrected chi connectivity index (χ3v) is 2.35. The lowest BCUT2D eigenvalue weighted by atomic mass is 9.96. The van der Waals surface area contributed by atoms with Gasteiger partial charge in [-0.15, -0.1) is 0 Å². The fourth-order valence-electron chi connectivity index (χ4n) is 1.51. The number of halogens is 1. The Morgan fingerprint density at radius 3 is 2.46 bits per heavy atom. The molecule has 0 radical (unpaired) electrons. The molecular formula is C10H15ClN2. The smallest absolute Gasteiger partial charge is 0.0464 e. The maximum atomic E-state index is 6.07. The van der Waals surface area contributed by atoms with Crippen molar-refractivity contribution in [3.8, 4) is 0 Å². The van der Waals surface area contributed by atoms with Crippen molar-refractivity contribution < 1.29 is 0 Å². The van der Waals surface area contributed by atoms with Gasteiger partial charge < -0.3 is 11.5 Å². The molecule has 0 aliphatic heterocycles. The highest BCUT2D eigenvalue weighted by molar-refractivity contribution is 6.31. The molecule has 0 heterocycles. The summed E-state index contributed by atoms with van der Waals surface area (Å²) in [5.41, 5.74) is 14.1. The van der Waals surface area contributed by atoms with E-state index in [1.807, 2.05) is 6.07 Å². The first-order valence-corrected chi connectivity index (χ1v) is 4.72. The van der Waals surface area contributed by atoms with Crippen molar-refractivity contribution >= 4 is 17.3 Å². The van der Waals surface area contributed by atoms with Gasteiger partial charge in [-0.1, -0.05) is 25.4 Å². The third kappa shape index (κ3) is 2.14. The number of rotatable bonds is 2. The van der Waals surface area contributed by atoms with Crippen LogP contribution in [-0.2, 0) is 6.54 Å². The predicted octanol–water partition coefficient (Wildman–Crippen LogP) is 2.50. The first kappa shape index (κ1) is 10.4. The Kier molecular flexibility index (Phi) is 3.17. The highest BCUT2D eigenvalue weighted by Crippen LogP contribution is 2.29. The van der Waals surface area contributed by atoms with Gasteiger partial charge in [0, 0.05) is 17.3 Å². The molecule has 0 atom stereocenters. The van der Waals surface area contributed by atoms with Gasteiger partial charge in [0.25, 0.3) is 0 Å². The van der Waals surface area contributed by atoms with Crippen LogP contribution >= 0.6 is 11.6 Å². The minimum Gasteiger partial charge on any atom is -0.399 e. The summed E-state index contributed by atoms with van der Waals surface area (Å²) < 4.78 is 0. The largest absolute Gasteiger partial charge is 0.399 e. The molecule has 3 heteroatoms. The minimum absolute atomic E-state index is 0.381. The van der Waals surface area contributed by atoms with Crippen LogP contribution in [0.3, 0.4) is 0 Å². The van der Waals surface area contributed by atoms with E-state index in [-0.39, 0.29) is 0 Å². The molecule has 1 aromatic rings. The maximum Gasteiger partial charge on any atom is 0.0464 e. The summed E-state index contributed by atoms with van der Waals surface area (Å²) in [6.45, 7) is 4.67. The number of nitrogen functional groups attached to an aromatic ring is 1. The lowest BCUT2D eigenvalue weighted by molar-refractivity contribution is 0.840. The van der Waals surface area contributed by atoms with E-state index in [4.69, 9.17) is 23.1 Å². The van der Waals surface area contributed by atoms with Crippen LogP contribution in [0.5, 0.6) is 0 Å². The molecule has 1 rings (SSSR count). The lowest BCUT2D eigenvalue weighted by Gasteiger charge is -2.14. The Bertz CT molecular complexity index is 308. The van der Waals surface area contributed by atoms with E-state index in [0.717, 1.165) is 16.1 Å². The van der Waals surface area contributed by atoms with Gasteiger partial charge in [-0.3, -0.25) is 0 Å². The van der Waals surface area contributed by atoms with Gasteiger partial charge in [-0.05, 0) is 29.2 Å². The van der Waals surface area contributed by atoms with Crippen molar-refractivity contribution in [1.29, 1.82) is 0 Å². The van der Waals surface area contributed by atoms with Crippen LogP contribution in [0.15, 0.2) is 12.1 Å². The first-order chi connectivity index (χ1) is 6.06. The Hall–Kier alpha value is -0.730. The summed E-state index contributed by atoms with van der Waals surface area (Å²) in [7, 11) is 0. The molecule has 0 unspecified atom stereocenters. The standard InChI is InChI=1S/C10H15ClN2/c1-6(2)10-7(5-12)3-8(13)4-9(10)11/h3-4,6H,5,12-13H2,1-2H3. The molecule has 0 saturated carbocycles. The summed E-state index contributed by atoms with van der Waals surface area (Å²) in [5.74, 6) is 0.381. The van der Waals surface area contributed by atoms with Gasteiger partial charge in [-0.2, -0.15) is 0 Å². The van der Waals surface area contributed by atoms with E-state index in [9.17, 15) is 0 Å². The number of benzene rings is 1. The van der Waals surface area contributed by atoms with Gasteiger partial charge in [0.1, 0.15) is 0 Å². The Labute approximate surface area is 83.9 Å². The number of hydrogen-bond donors (Lipinski definition) is 2. The molecule has 2 nitrogen and oxygen atoms in total. The van der Waals surface area contributed by atoms with E-state index in [1.54, 1.807) is 6.07 Å². The molecule has 1 aromatic carbocycles. The van der Waals surface area contributed by atoms with Crippen molar-refractivity contribution in [2.75, 3.05) is 5.73 Å². The fraction of sp³-hybridized carbons (Fsp3) is 0.400. The number of hydrogen-bond acceptors (Lipinski definition) is 2. The second-order valence-electron chi connectivity index (χ2n) is 3.43. The molecule has 0 bridgehead atoms. The Balaban J connectivity index is 3.30. The van der Waals surface area contributed by atoms with Gasteiger partial charge >= 0.3 is 0 Å². The summed E-state index contributed by atoms with van der Waals surface area (Å²) >= 11 is 6.07. The molecule has 13 heavy (non-hydrogen) atoms. The van der Waals surface area contributed by atoms with Crippen LogP contribution in [0.1, 0.15) is 30.9 Å². The molecule has 0 amide bonds. The zero-order chi connectivity index (χ0) is 10.0. The minimum atomic E-state index is 0.381. The summed E-state index contributed by atoms with van der Waals surface area (Å²) in [6, 6.07) is 3.66. The van der Waals surface area contributed by atoms with Crippen LogP contribution < -0.4 is 11.5 Å². The Morgan fingerprint density at radius 2 is 2.00 bits per heavy atom. The van der Waals surface area contributed by atoms with E-state index in [2.05, 4.69) is 13.8 Å². The normalized spacial score (nSPS) is 10.8. The highest BCUT2D eigenvalue weighted by atomic mass is 35.5. The monoisotopic (exact) mass is 198 g/mol. The molecular weight excluding hydrogens is 184 g/mol. The third-order valence-electron chi connectivity index (χ3n) is 2.03. The quantitative estimate of drug-likeness (QED) is 0.718. The van der Waals surface area contributed by atoms with Crippen LogP contribution in [0.4, 0.5) is 5.69 Å². The molecule has 4 N–H and O–H groups in total. The summed E-state index contributed by atoms with van der Waals surface area (Å²) in [4.78, 5) is 0. The average Bonchev–Trinajstić information content (AvgIpc) is 2.01. The number of nitrogens with two attached hydrogens (primary N) is 2. The highest BCUT2D eigenvalue weighted by Gasteiger charge is 2.10. The zero-order valence-electron chi connectivity index (χ0n) is 7.97. The first-order valence-electron chi connectivity index (χ1n) is 4.34. The van der Waals surface area contributed by atoms with E-state index in [0.29, 0.717) is 18.2 Å². The number of anilines is 1. The SMILES string of the molecule is CC(C)c1c(Cl)cc(N)cc1CN. The van der Waals surface area contributed by atoms with Crippen molar-refractivity contribution in [2.45, 2.75) is 26.3 Å². The van der Waals surface area contributed by atoms with Crippen LogP contribution in [0, 0.1) is 0 Å². The molecule has 0 spiro atoms. The fourth-order valence-corrected chi connectivity index (χ4v) is 1.98. The lowest BCUT2D eigenvalue weighted by Crippen LogP contribution is -2.05. The van der Waals surface area contributed by atoms with E-state index >= 15 is 0 Å². The van der Waals surface area contributed by atoms with Crippen molar-refractivity contribution in [2.24, 2.45) is 5.73 Å². The van der Waals surface area contributed by atoms with Gasteiger partial charge in [0.2, 0.25) is 0 Å². The van der Waals surface area contributed by atoms with E-state index < -0.39 is 0 Å². The molecule has 0 aliphatic rings. The van der Waals surface area contributed by atoms with Gasteiger partial charge in [0.15, 0.2) is 0 Å². The van der Waals surface area contributed by atoms with Gasteiger partial charge in [-0.25, -0.2) is 0 Å². The maximum absolute atomic E-state index is 6.07. The summed E-state index contributed by atoms with van der Waals surface area (Å²) in [5, 5.41) is 0.718. The van der Waals surface area contributed by atoms with Crippen LogP contribution in [-0.4, -0.2) is 0 Å². The molecule has 0 aromatic heterocycles.